The summed E-state index contributed by atoms with van der Waals surface area (Å²) in [6.07, 6.45) is 3.55. The van der Waals surface area contributed by atoms with E-state index < -0.39 is 0 Å². The van der Waals surface area contributed by atoms with Gasteiger partial charge in [-0.25, -0.2) is 9.35 Å². The zero-order valence-corrected chi connectivity index (χ0v) is 14.0. The van der Waals surface area contributed by atoms with Crippen LogP contribution in [-0.2, 0) is 0 Å². The van der Waals surface area contributed by atoms with Crippen LogP contribution >= 0.6 is 0 Å². The molecule has 122 valence electrons. The summed E-state index contributed by atoms with van der Waals surface area (Å²) in [5, 5.41) is 24.8. The van der Waals surface area contributed by atoms with E-state index in [9.17, 15) is 0 Å². The Bertz CT molecular complexity index is 806. The van der Waals surface area contributed by atoms with Gasteiger partial charge in [0.1, 0.15) is 0 Å². The van der Waals surface area contributed by atoms with Gasteiger partial charge in [0, 0.05) is 0 Å². The first kappa shape index (κ1) is 15.7. The second-order valence-electron chi connectivity index (χ2n) is 5.37. The first-order chi connectivity index (χ1) is 11.5. The number of benzene rings is 1. The van der Waals surface area contributed by atoms with Crippen molar-refractivity contribution in [2.75, 3.05) is 0 Å². The largest absolute Gasteiger partial charge is 0.202 e. The molecule has 0 bridgehead atoms. The van der Waals surface area contributed by atoms with Crippen LogP contribution in [0.3, 0.4) is 0 Å². The maximum absolute atomic E-state index is 4.41. The molecule has 0 aliphatic rings. The lowest BCUT2D eigenvalue weighted by Gasteiger charge is -2.00. The van der Waals surface area contributed by atoms with Gasteiger partial charge in [0.05, 0.1) is 12.4 Å². The zero-order chi connectivity index (χ0) is 17.1. The second-order valence-corrected chi connectivity index (χ2v) is 5.37. The average molecular weight is 322 g/mol. The van der Waals surface area contributed by atoms with Crippen molar-refractivity contribution in [1.29, 1.82) is 0 Å². The van der Waals surface area contributed by atoms with E-state index >= 15 is 0 Å². The number of hydrogen-bond donors (Lipinski definition) is 0. The smallest absolute Gasteiger partial charge is 0.151 e. The normalized spacial score (nSPS) is 11.8. The van der Waals surface area contributed by atoms with E-state index in [0.717, 1.165) is 34.4 Å². The van der Waals surface area contributed by atoms with Crippen LogP contribution < -0.4 is 0 Å². The van der Waals surface area contributed by atoms with E-state index in [1.54, 1.807) is 21.8 Å². The van der Waals surface area contributed by atoms with Crippen molar-refractivity contribution in [2.24, 2.45) is 10.2 Å². The molecule has 8 nitrogen and oxygen atoms in total. The highest BCUT2D eigenvalue weighted by Gasteiger charge is 2.02. The van der Waals surface area contributed by atoms with Crippen molar-refractivity contribution in [3.63, 3.8) is 0 Å². The molecule has 0 N–H and O–H groups in total. The molecule has 0 saturated carbocycles. The maximum atomic E-state index is 4.41. The van der Waals surface area contributed by atoms with Gasteiger partial charge in [0.25, 0.3) is 0 Å². The Morgan fingerprint density at radius 3 is 1.46 bits per heavy atom. The van der Waals surface area contributed by atoms with E-state index in [-0.39, 0.29) is 0 Å². The van der Waals surface area contributed by atoms with Crippen LogP contribution in [-0.4, -0.2) is 42.2 Å². The van der Waals surface area contributed by atoms with Crippen LogP contribution in [0.15, 0.2) is 34.5 Å². The molecular formula is C16H18N8. The van der Waals surface area contributed by atoms with E-state index in [1.807, 2.05) is 52.0 Å². The third-order valence-corrected chi connectivity index (χ3v) is 3.46. The van der Waals surface area contributed by atoms with E-state index in [0.29, 0.717) is 0 Å². The average Bonchev–Trinajstić information content (AvgIpc) is 3.06. The minimum absolute atomic E-state index is 0.750. The molecule has 0 fully saturated rings. The van der Waals surface area contributed by atoms with Crippen LogP contribution in [0.2, 0.25) is 0 Å². The van der Waals surface area contributed by atoms with Crippen LogP contribution in [0.1, 0.15) is 34.4 Å². The Hall–Kier alpha value is -3.16. The quantitative estimate of drug-likeness (QED) is 0.686. The summed E-state index contributed by atoms with van der Waals surface area (Å²) in [6.45, 7) is 7.46. The summed E-state index contributed by atoms with van der Waals surface area (Å²) in [5.74, 6) is 3.00. The van der Waals surface area contributed by atoms with Crippen molar-refractivity contribution >= 4 is 12.4 Å². The van der Waals surface area contributed by atoms with Crippen LogP contribution in [0.4, 0.5) is 0 Å². The van der Waals surface area contributed by atoms with Crippen molar-refractivity contribution in [2.45, 2.75) is 27.7 Å². The Morgan fingerprint density at radius 2 is 1.08 bits per heavy atom. The lowest BCUT2D eigenvalue weighted by Crippen LogP contribution is -1.98. The zero-order valence-electron chi connectivity index (χ0n) is 14.0. The summed E-state index contributed by atoms with van der Waals surface area (Å²) in [4.78, 5) is 0. The molecule has 0 atom stereocenters. The van der Waals surface area contributed by atoms with Gasteiger partial charge in [0.2, 0.25) is 0 Å². The fraction of sp³-hybridized carbons (Fsp3) is 0.250. The fourth-order valence-electron chi connectivity index (χ4n) is 2.23. The summed E-state index contributed by atoms with van der Waals surface area (Å²) >= 11 is 0. The third-order valence-electron chi connectivity index (χ3n) is 3.46. The summed E-state index contributed by atoms with van der Waals surface area (Å²) in [6, 6.07) is 7.91. The number of nitrogens with zero attached hydrogens (tertiary/aromatic N) is 8. The highest BCUT2D eigenvalue weighted by Crippen LogP contribution is 2.04. The van der Waals surface area contributed by atoms with Gasteiger partial charge in [-0.3, -0.25) is 0 Å². The van der Waals surface area contributed by atoms with Gasteiger partial charge in [-0.05, 0) is 44.9 Å². The first-order valence-corrected chi connectivity index (χ1v) is 7.50. The number of rotatable bonds is 4. The standard InChI is InChI=1S/C16H18N8/c1-11-19-20-12(2)23(11)17-9-15-6-5-7-16(8-15)10-18-24-13(3)21-22-14(24)4/h5-10H,1-4H3/b17-9-,18-10-. The molecule has 0 spiro atoms. The first-order valence-electron chi connectivity index (χ1n) is 7.50. The van der Waals surface area contributed by atoms with E-state index in [1.165, 1.54) is 0 Å². The minimum atomic E-state index is 0.750. The van der Waals surface area contributed by atoms with Gasteiger partial charge in [-0.15, -0.1) is 20.4 Å². The van der Waals surface area contributed by atoms with Gasteiger partial charge >= 0.3 is 0 Å². The SMILES string of the molecule is Cc1nnc(C)n1/N=C\c1cccc(/C=N\n2c(C)nnc2C)c1. The summed E-state index contributed by atoms with van der Waals surface area (Å²) in [7, 11) is 0. The second kappa shape index (κ2) is 6.53. The van der Waals surface area contributed by atoms with Crippen molar-refractivity contribution in [1.82, 2.24) is 29.7 Å². The highest BCUT2D eigenvalue weighted by atomic mass is 15.5. The molecule has 0 radical (unpaired) electrons. The van der Waals surface area contributed by atoms with Gasteiger partial charge in [0.15, 0.2) is 23.3 Å². The minimum Gasteiger partial charge on any atom is -0.202 e. The number of aromatic nitrogens is 6. The van der Waals surface area contributed by atoms with E-state index in [2.05, 4.69) is 30.6 Å². The van der Waals surface area contributed by atoms with Crippen molar-refractivity contribution in [3.8, 4) is 0 Å². The Labute approximate surface area is 139 Å². The van der Waals surface area contributed by atoms with Crippen LogP contribution in [0, 0.1) is 27.7 Å². The van der Waals surface area contributed by atoms with Crippen LogP contribution in [0.25, 0.3) is 0 Å². The summed E-state index contributed by atoms with van der Waals surface area (Å²) < 4.78 is 3.40. The molecule has 0 aliphatic heterocycles. The molecule has 2 heterocycles. The molecule has 0 saturated heterocycles. The number of hydrogen-bond acceptors (Lipinski definition) is 6. The molecule has 3 aromatic rings. The van der Waals surface area contributed by atoms with Crippen molar-refractivity contribution < 1.29 is 0 Å². The third kappa shape index (κ3) is 3.27. The lowest BCUT2D eigenvalue weighted by molar-refractivity contribution is 0.798. The molecule has 8 heteroatoms. The lowest BCUT2D eigenvalue weighted by atomic mass is 10.1. The molecule has 0 unspecified atom stereocenters. The van der Waals surface area contributed by atoms with E-state index in [4.69, 9.17) is 0 Å². The molecule has 3 rings (SSSR count). The number of aryl methyl sites for hydroxylation is 4. The molecular weight excluding hydrogens is 304 g/mol. The Kier molecular flexibility index (Phi) is 4.28. The molecule has 24 heavy (non-hydrogen) atoms. The molecule has 1 aromatic carbocycles. The molecule has 0 amide bonds. The Balaban J connectivity index is 1.82. The Morgan fingerprint density at radius 1 is 0.708 bits per heavy atom. The van der Waals surface area contributed by atoms with Crippen molar-refractivity contribution in [3.05, 3.63) is 58.7 Å². The fourth-order valence-corrected chi connectivity index (χ4v) is 2.23. The highest BCUT2D eigenvalue weighted by molar-refractivity contribution is 5.86. The molecule has 2 aromatic heterocycles. The molecule has 0 aliphatic carbocycles. The van der Waals surface area contributed by atoms with Gasteiger partial charge < -0.3 is 0 Å². The van der Waals surface area contributed by atoms with Gasteiger partial charge in [-0.2, -0.15) is 10.2 Å². The predicted molar refractivity (Wildman–Crippen MR) is 91.4 cm³/mol. The topological polar surface area (TPSA) is 86.1 Å². The predicted octanol–water partition coefficient (Wildman–Crippen LogP) is 1.87. The van der Waals surface area contributed by atoms with Crippen LogP contribution in [0.5, 0.6) is 0 Å². The summed E-state index contributed by atoms with van der Waals surface area (Å²) in [5.41, 5.74) is 1.92. The monoisotopic (exact) mass is 322 g/mol. The maximum Gasteiger partial charge on any atom is 0.151 e. The van der Waals surface area contributed by atoms with Gasteiger partial charge in [-0.1, -0.05) is 18.2 Å².